The van der Waals surface area contributed by atoms with Crippen LogP contribution in [0.4, 0.5) is 19.2 Å². The predicted octanol–water partition coefficient (Wildman–Crippen LogP) is 2.10. The Bertz CT molecular complexity index is 1090. The molecule has 0 saturated heterocycles. The molecule has 0 atom stereocenters. The molecule has 0 aliphatic heterocycles. The van der Waals surface area contributed by atoms with Crippen molar-refractivity contribution in [2.24, 2.45) is 5.41 Å². The lowest BCUT2D eigenvalue weighted by atomic mass is 9.92. The van der Waals surface area contributed by atoms with Crippen molar-refractivity contribution in [1.82, 2.24) is 33.2 Å². The second-order valence-corrected chi connectivity index (χ2v) is 7.72. The van der Waals surface area contributed by atoms with Gasteiger partial charge in [0, 0.05) is 49.6 Å². The van der Waals surface area contributed by atoms with Crippen molar-refractivity contribution < 1.29 is 38.1 Å². The number of carbonyl (C=O) groups is 4. The highest BCUT2D eigenvalue weighted by Crippen LogP contribution is 2.22. The summed E-state index contributed by atoms with van der Waals surface area (Å²) < 4.78 is 26.0. The van der Waals surface area contributed by atoms with Crippen molar-refractivity contribution in [2.75, 3.05) is 26.4 Å². The molecule has 0 N–H and O–H groups in total. The molecule has 0 aliphatic carbocycles. The van der Waals surface area contributed by atoms with Gasteiger partial charge in [-0.3, -0.25) is 4.57 Å². The van der Waals surface area contributed by atoms with E-state index in [-0.39, 0.29) is 0 Å². The Hall–Kier alpha value is -5.21. The van der Waals surface area contributed by atoms with Gasteiger partial charge in [-0.25, -0.2) is 47.8 Å². The number of carbonyl (C=O) groups excluding carboxylic acids is 4. The number of rotatable bonds is 8. The summed E-state index contributed by atoms with van der Waals surface area (Å²) in [6.45, 7) is -1.83. The highest BCUT2D eigenvalue weighted by Gasteiger charge is 2.38. The fourth-order valence-corrected chi connectivity index (χ4v) is 2.97. The summed E-state index contributed by atoms with van der Waals surface area (Å²) in [6.07, 6.45) is 11.7. The third-order valence-corrected chi connectivity index (χ3v) is 4.97. The maximum atomic E-state index is 12.5. The molecule has 0 unspecified atom stereocenters. The lowest BCUT2D eigenvalue weighted by molar-refractivity contribution is -0.0482. The topological polar surface area (TPSA) is 164 Å². The zero-order valence-electron chi connectivity index (χ0n) is 19.2. The average Bonchev–Trinajstić information content (AvgIpc) is 3.74. The van der Waals surface area contributed by atoms with Crippen LogP contribution >= 0.6 is 0 Å². The van der Waals surface area contributed by atoms with Crippen LogP contribution in [0.15, 0.2) is 80.7 Å². The number of ether oxygens (including phenoxy) is 4. The summed E-state index contributed by atoms with van der Waals surface area (Å²) >= 11 is 0. The zero-order chi connectivity index (χ0) is 26.1. The maximum Gasteiger partial charge on any atom is 0.419 e. The maximum absolute atomic E-state index is 12.5. The first kappa shape index (κ1) is 24.9. The van der Waals surface area contributed by atoms with Crippen molar-refractivity contribution in [3.05, 3.63) is 80.7 Å². The molecule has 0 fully saturated rings. The van der Waals surface area contributed by atoms with E-state index in [0.717, 1.165) is 13.7 Å². The number of hydrogen-bond acceptors (Lipinski definition) is 11. The highest BCUT2D eigenvalue weighted by molar-refractivity contribution is 5.72. The number of imidazole rings is 3. The fourth-order valence-electron chi connectivity index (χ4n) is 2.97. The van der Waals surface area contributed by atoms with Crippen LogP contribution in [-0.4, -0.2) is 84.0 Å². The van der Waals surface area contributed by atoms with Gasteiger partial charge in [0.1, 0.15) is 50.8 Å². The van der Waals surface area contributed by atoms with E-state index in [1.54, 1.807) is 12.1 Å². The number of hydrogen-bond donors (Lipinski definition) is 0. The van der Waals surface area contributed by atoms with Gasteiger partial charge < -0.3 is 18.9 Å². The van der Waals surface area contributed by atoms with Gasteiger partial charge in [-0.05, 0) is 12.1 Å². The van der Waals surface area contributed by atoms with E-state index in [1.165, 1.54) is 73.1 Å². The first-order valence-corrected chi connectivity index (χ1v) is 10.7. The van der Waals surface area contributed by atoms with E-state index in [9.17, 15) is 19.2 Å². The Balaban J connectivity index is 1.54. The Morgan fingerprint density at radius 1 is 0.514 bits per heavy atom. The Morgan fingerprint density at radius 2 is 0.838 bits per heavy atom. The summed E-state index contributed by atoms with van der Waals surface area (Å²) in [7, 11) is 0. The van der Waals surface area contributed by atoms with Crippen LogP contribution in [0, 0.1) is 5.41 Å². The molecule has 192 valence electrons. The predicted molar refractivity (Wildman–Crippen MR) is 121 cm³/mol. The van der Waals surface area contributed by atoms with Crippen LogP contribution in [0.3, 0.4) is 0 Å². The van der Waals surface area contributed by atoms with Crippen molar-refractivity contribution in [3.63, 3.8) is 0 Å². The molecule has 4 aromatic heterocycles. The van der Waals surface area contributed by atoms with Gasteiger partial charge in [-0.15, -0.1) is 0 Å². The van der Waals surface area contributed by atoms with Crippen LogP contribution in [0.2, 0.25) is 0 Å². The molecular weight excluding hydrogens is 490 g/mol. The molecule has 4 heterocycles. The van der Waals surface area contributed by atoms with Crippen LogP contribution in [0.1, 0.15) is 0 Å². The monoisotopic (exact) mass is 511 g/mol. The van der Waals surface area contributed by atoms with Gasteiger partial charge in [-0.1, -0.05) is 0 Å². The Morgan fingerprint density at radius 3 is 1.14 bits per heavy atom. The summed E-state index contributed by atoms with van der Waals surface area (Å²) in [5.41, 5.74) is -1.49. The quantitative estimate of drug-likeness (QED) is 0.318. The molecule has 4 rings (SSSR count). The Labute approximate surface area is 208 Å². The molecule has 15 heteroatoms. The summed E-state index contributed by atoms with van der Waals surface area (Å²) in [5, 5.41) is 0. The molecule has 0 amide bonds. The smallest absolute Gasteiger partial charge is 0.419 e. The molecule has 4 aromatic rings. The molecule has 0 radical (unpaired) electrons. The standard InChI is InChI=1S/C22H21N7O8/c30-18(26-6-1-2-7-26)34-11-22(12-35-19(31)27-8-3-23-15-27,13-36-20(32)28-9-4-24-16-28)14-37-21(33)29-10-5-25-17-29/h1-10,15-17H,11-14H2. The van der Waals surface area contributed by atoms with Crippen molar-refractivity contribution >= 4 is 24.4 Å². The molecule has 0 spiro atoms. The molecule has 0 saturated carbocycles. The van der Waals surface area contributed by atoms with E-state index in [2.05, 4.69) is 15.0 Å². The summed E-state index contributed by atoms with van der Waals surface area (Å²) in [4.78, 5) is 61.3. The largest absolute Gasteiger partial charge is 0.448 e. The molecule has 15 nitrogen and oxygen atoms in total. The molecule has 37 heavy (non-hydrogen) atoms. The molecule has 0 aliphatic rings. The third-order valence-electron chi connectivity index (χ3n) is 4.97. The van der Waals surface area contributed by atoms with Crippen LogP contribution < -0.4 is 0 Å². The van der Waals surface area contributed by atoms with Crippen LogP contribution in [0.25, 0.3) is 0 Å². The summed E-state index contributed by atoms with van der Waals surface area (Å²) in [6, 6.07) is 3.25. The van der Waals surface area contributed by atoms with Gasteiger partial charge in [0.05, 0.1) is 0 Å². The molecular formula is C22H21N7O8. The second-order valence-electron chi connectivity index (χ2n) is 7.72. The normalized spacial score (nSPS) is 11.0. The average molecular weight is 511 g/mol. The minimum absolute atomic E-state index is 0.449. The third kappa shape index (κ3) is 6.47. The van der Waals surface area contributed by atoms with Crippen molar-refractivity contribution in [1.29, 1.82) is 0 Å². The second kappa shape index (κ2) is 11.5. The van der Waals surface area contributed by atoms with E-state index in [4.69, 9.17) is 18.9 Å². The van der Waals surface area contributed by atoms with Gasteiger partial charge >= 0.3 is 24.4 Å². The summed E-state index contributed by atoms with van der Waals surface area (Å²) in [5.74, 6) is 0. The first-order chi connectivity index (χ1) is 18.0. The van der Waals surface area contributed by atoms with E-state index in [1.807, 2.05) is 0 Å². The fraction of sp³-hybridized carbons (Fsp3) is 0.227. The highest BCUT2D eigenvalue weighted by atomic mass is 16.6. The van der Waals surface area contributed by atoms with Crippen molar-refractivity contribution in [3.8, 4) is 0 Å². The zero-order valence-corrected chi connectivity index (χ0v) is 19.2. The molecule has 0 bridgehead atoms. The van der Waals surface area contributed by atoms with E-state index < -0.39 is 56.2 Å². The van der Waals surface area contributed by atoms with Crippen LogP contribution in [0.5, 0.6) is 0 Å². The number of nitrogens with zero attached hydrogens (tertiary/aromatic N) is 7. The van der Waals surface area contributed by atoms with Gasteiger partial charge in [0.25, 0.3) is 0 Å². The van der Waals surface area contributed by atoms with E-state index in [0.29, 0.717) is 0 Å². The van der Waals surface area contributed by atoms with Gasteiger partial charge in [-0.2, -0.15) is 0 Å². The molecule has 0 aromatic carbocycles. The van der Waals surface area contributed by atoms with E-state index >= 15 is 0 Å². The minimum Gasteiger partial charge on any atom is -0.448 e. The Kier molecular flexibility index (Phi) is 7.72. The number of aromatic nitrogens is 7. The van der Waals surface area contributed by atoms with Crippen molar-refractivity contribution in [2.45, 2.75) is 0 Å². The SMILES string of the molecule is O=C(OCC(COC(=O)n1ccnc1)(COC(=O)n1ccnc1)COC(=O)n1ccnc1)n1cccc1. The van der Waals surface area contributed by atoms with Gasteiger partial charge in [0.2, 0.25) is 0 Å². The lowest BCUT2D eigenvalue weighted by Crippen LogP contribution is -2.45. The van der Waals surface area contributed by atoms with Gasteiger partial charge in [0.15, 0.2) is 0 Å². The lowest BCUT2D eigenvalue weighted by Gasteiger charge is -2.31. The van der Waals surface area contributed by atoms with Crippen LogP contribution in [-0.2, 0) is 18.9 Å². The minimum atomic E-state index is -1.49. The first-order valence-electron chi connectivity index (χ1n) is 10.7.